The number of anilines is 1. The smallest absolute Gasteiger partial charge is 0.195 e. The number of halogens is 1. The monoisotopic (exact) mass is 450 g/mol. The van der Waals surface area contributed by atoms with Gasteiger partial charge in [-0.2, -0.15) is 0 Å². The Balaban J connectivity index is 0.00000529. The highest BCUT2D eigenvalue weighted by atomic mass is 127. The van der Waals surface area contributed by atoms with Crippen LogP contribution in [0.1, 0.15) is 19.8 Å². The number of nitrogens with one attached hydrogen (secondary N) is 2. The van der Waals surface area contributed by atoms with E-state index in [0.717, 1.165) is 31.3 Å². The van der Waals surface area contributed by atoms with E-state index >= 15 is 0 Å². The van der Waals surface area contributed by atoms with Crippen LogP contribution in [0.5, 0.6) is 11.5 Å². The first kappa shape index (κ1) is 22.8. The van der Waals surface area contributed by atoms with Crippen LogP contribution >= 0.6 is 24.0 Å². The number of methoxy groups -OCH3 is 2. The van der Waals surface area contributed by atoms with Crippen LogP contribution in [0.2, 0.25) is 0 Å². The zero-order chi connectivity index (χ0) is 17.1. The van der Waals surface area contributed by atoms with Gasteiger partial charge in [-0.3, -0.25) is 4.99 Å². The van der Waals surface area contributed by atoms with Gasteiger partial charge in [0.05, 0.1) is 14.2 Å². The zero-order valence-corrected chi connectivity index (χ0v) is 17.7. The van der Waals surface area contributed by atoms with Crippen molar-refractivity contribution in [3.8, 4) is 11.5 Å². The van der Waals surface area contributed by atoms with Crippen molar-refractivity contribution in [2.45, 2.75) is 19.8 Å². The number of ether oxygens (including phenoxy) is 2. The summed E-state index contributed by atoms with van der Waals surface area (Å²) >= 11 is 0. The van der Waals surface area contributed by atoms with Crippen molar-refractivity contribution in [3.05, 3.63) is 18.2 Å². The average Bonchev–Trinajstić information content (AvgIpc) is 2.58. The zero-order valence-electron chi connectivity index (χ0n) is 15.4. The van der Waals surface area contributed by atoms with Crippen molar-refractivity contribution in [1.29, 1.82) is 0 Å². The Kier molecular flexibility index (Phi) is 12.4. The van der Waals surface area contributed by atoms with Gasteiger partial charge >= 0.3 is 0 Å². The molecule has 24 heavy (non-hydrogen) atoms. The van der Waals surface area contributed by atoms with Gasteiger partial charge in [-0.25, -0.2) is 0 Å². The second-order valence-corrected chi connectivity index (χ2v) is 5.35. The normalized spacial score (nSPS) is 11.0. The highest BCUT2D eigenvalue weighted by molar-refractivity contribution is 14.0. The lowest BCUT2D eigenvalue weighted by molar-refractivity contribution is 0.332. The molecule has 0 saturated heterocycles. The second kappa shape index (κ2) is 13.1. The van der Waals surface area contributed by atoms with E-state index in [1.165, 1.54) is 12.8 Å². The molecule has 0 unspecified atom stereocenters. The van der Waals surface area contributed by atoms with Crippen molar-refractivity contribution in [2.75, 3.05) is 53.3 Å². The molecular formula is C17H31IN4O2. The molecule has 1 aromatic rings. The molecule has 0 aliphatic carbocycles. The van der Waals surface area contributed by atoms with E-state index in [-0.39, 0.29) is 24.0 Å². The third-order valence-electron chi connectivity index (χ3n) is 3.55. The van der Waals surface area contributed by atoms with Gasteiger partial charge in [0.2, 0.25) is 0 Å². The van der Waals surface area contributed by atoms with Gasteiger partial charge in [0.25, 0.3) is 0 Å². The summed E-state index contributed by atoms with van der Waals surface area (Å²) in [4.78, 5) is 6.56. The van der Waals surface area contributed by atoms with Crippen LogP contribution in [0.15, 0.2) is 23.2 Å². The van der Waals surface area contributed by atoms with Crippen molar-refractivity contribution in [2.24, 2.45) is 4.99 Å². The lowest BCUT2D eigenvalue weighted by Gasteiger charge is -2.18. The fourth-order valence-electron chi connectivity index (χ4n) is 2.13. The molecule has 1 aromatic carbocycles. The molecule has 0 aliphatic rings. The van der Waals surface area contributed by atoms with Gasteiger partial charge in [0.1, 0.15) is 0 Å². The molecular weight excluding hydrogens is 419 g/mol. The number of hydrogen-bond acceptors (Lipinski definition) is 4. The molecule has 2 N–H and O–H groups in total. The van der Waals surface area contributed by atoms with Gasteiger partial charge < -0.3 is 25.0 Å². The van der Waals surface area contributed by atoms with Crippen LogP contribution in [0.4, 0.5) is 5.69 Å². The molecule has 0 fully saturated rings. The fraction of sp³-hybridized carbons (Fsp3) is 0.588. The van der Waals surface area contributed by atoms with Gasteiger partial charge in [-0.15, -0.1) is 24.0 Å². The predicted molar refractivity (Wildman–Crippen MR) is 112 cm³/mol. The van der Waals surface area contributed by atoms with E-state index in [0.29, 0.717) is 11.5 Å². The predicted octanol–water partition coefficient (Wildman–Crippen LogP) is 3.04. The van der Waals surface area contributed by atoms with E-state index in [4.69, 9.17) is 9.47 Å². The number of guanidine groups is 1. The Morgan fingerprint density at radius 1 is 1.17 bits per heavy atom. The average molecular weight is 450 g/mol. The van der Waals surface area contributed by atoms with Crippen LogP contribution in [0.25, 0.3) is 0 Å². The van der Waals surface area contributed by atoms with Gasteiger partial charge in [-0.05, 0) is 32.1 Å². The second-order valence-electron chi connectivity index (χ2n) is 5.35. The minimum absolute atomic E-state index is 0. The molecule has 0 heterocycles. The van der Waals surface area contributed by atoms with Crippen LogP contribution in [-0.4, -0.2) is 58.8 Å². The number of aliphatic imine (C=N–C) groups is 1. The summed E-state index contributed by atoms with van der Waals surface area (Å²) in [5.41, 5.74) is 0.898. The molecule has 0 saturated carbocycles. The van der Waals surface area contributed by atoms with E-state index in [9.17, 15) is 0 Å². The topological polar surface area (TPSA) is 58.1 Å². The van der Waals surface area contributed by atoms with Gasteiger partial charge in [-0.1, -0.05) is 13.3 Å². The van der Waals surface area contributed by atoms with E-state index in [1.807, 2.05) is 18.2 Å². The molecule has 1 rings (SSSR count). The maximum Gasteiger partial charge on any atom is 0.195 e. The summed E-state index contributed by atoms with van der Waals surface area (Å²) in [5.74, 6) is 2.13. The highest BCUT2D eigenvalue weighted by Crippen LogP contribution is 2.29. The molecule has 6 nitrogen and oxygen atoms in total. The first-order valence-corrected chi connectivity index (χ1v) is 8.02. The van der Waals surface area contributed by atoms with E-state index in [1.54, 1.807) is 21.3 Å². The van der Waals surface area contributed by atoms with Crippen LogP contribution in [0, 0.1) is 0 Å². The minimum Gasteiger partial charge on any atom is -0.493 e. The van der Waals surface area contributed by atoms with Gasteiger partial charge in [0, 0.05) is 31.9 Å². The largest absolute Gasteiger partial charge is 0.493 e. The van der Waals surface area contributed by atoms with Crippen molar-refractivity contribution >= 4 is 35.6 Å². The van der Waals surface area contributed by atoms with Crippen molar-refractivity contribution < 1.29 is 9.47 Å². The summed E-state index contributed by atoms with van der Waals surface area (Å²) in [6, 6.07) is 5.69. The van der Waals surface area contributed by atoms with E-state index < -0.39 is 0 Å². The fourth-order valence-corrected chi connectivity index (χ4v) is 2.13. The lowest BCUT2D eigenvalue weighted by Crippen LogP contribution is -2.37. The Labute approximate surface area is 163 Å². The molecule has 0 bridgehead atoms. The number of nitrogens with zero attached hydrogens (tertiary/aromatic N) is 2. The van der Waals surface area contributed by atoms with Crippen LogP contribution in [-0.2, 0) is 0 Å². The number of benzene rings is 1. The Morgan fingerprint density at radius 3 is 2.46 bits per heavy atom. The van der Waals surface area contributed by atoms with Crippen LogP contribution < -0.4 is 20.1 Å². The molecule has 0 aliphatic heterocycles. The van der Waals surface area contributed by atoms with Gasteiger partial charge in [0.15, 0.2) is 17.5 Å². The standard InChI is InChI=1S/C17H30N4O2.HI/c1-6-7-11-21(3)12-10-19-17(18-2)20-14-8-9-15(22-4)16(13-14)23-5;/h8-9,13H,6-7,10-12H2,1-5H3,(H2,18,19,20);1H. The summed E-state index contributed by atoms with van der Waals surface area (Å²) in [6.07, 6.45) is 2.45. The SMILES string of the molecule is CCCCN(C)CCNC(=NC)Nc1ccc(OC)c(OC)c1.I. The highest BCUT2D eigenvalue weighted by Gasteiger charge is 2.06. The molecule has 7 heteroatoms. The number of likely N-dealkylation sites (N-methyl/N-ethyl adjacent to an activating group) is 1. The first-order valence-electron chi connectivity index (χ1n) is 8.02. The van der Waals surface area contributed by atoms with Crippen molar-refractivity contribution in [1.82, 2.24) is 10.2 Å². The minimum atomic E-state index is 0. The summed E-state index contributed by atoms with van der Waals surface area (Å²) in [6.45, 7) is 5.15. The maximum atomic E-state index is 5.31. The Morgan fingerprint density at radius 2 is 1.88 bits per heavy atom. The van der Waals surface area contributed by atoms with E-state index in [2.05, 4.69) is 34.5 Å². The molecule has 0 amide bonds. The number of rotatable bonds is 9. The van der Waals surface area contributed by atoms with Crippen LogP contribution in [0.3, 0.4) is 0 Å². The summed E-state index contributed by atoms with van der Waals surface area (Å²) in [5, 5.41) is 6.57. The number of hydrogen-bond donors (Lipinski definition) is 2. The Hall–Kier alpha value is -1.22. The molecule has 0 atom stereocenters. The first-order chi connectivity index (χ1) is 11.1. The lowest BCUT2D eigenvalue weighted by atomic mass is 10.3. The third-order valence-corrected chi connectivity index (χ3v) is 3.55. The van der Waals surface area contributed by atoms with Crippen molar-refractivity contribution in [3.63, 3.8) is 0 Å². The summed E-state index contributed by atoms with van der Waals surface area (Å²) in [7, 11) is 7.15. The number of unbranched alkanes of at least 4 members (excludes halogenated alkanes) is 1. The Bertz CT molecular complexity index is 497. The third kappa shape index (κ3) is 8.05. The quantitative estimate of drug-likeness (QED) is 0.344. The molecule has 0 spiro atoms. The molecule has 138 valence electrons. The maximum absolute atomic E-state index is 5.31. The molecule has 0 radical (unpaired) electrons. The molecule has 0 aromatic heterocycles. The summed E-state index contributed by atoms with van der Waals surface area (Å²) < 4.78 is 10.6.